The molecule has 0 bridgehead atoms. The topological polar surface area (TPSA) is 46.6 Å². The van der Waals surface area contributed by atoms with Crippen LogP contribution in [0.15, 0.2) is 18.7 Å². The van der Waals surface area contributed by atoms with E-state index in [1.165, 1.54) is 18.4 Å². The number of methoxy groups -OCH3 is 1. The summed E-state index contributed by atoms with van der Waals surface area (Å²) in [6.07, 6.45) is 2.24. The number of aryl methyl sites for hydroxylation is 1. The van der Waals surface area contributed by atoms with E-state index in [4.69, 9.17) is 4.74 Å². The Hall–Kier alpha value is -1.62. The fraction of sp³-hybridized carbons (Fsp3) is 0.385. The van der Waals surface area contributed by atoms with Gasteiger partial charge in [0.2, 0.25) is 5.91 Å². The summed E-state index contributed by atoms with van der Waals surface area (Å²) in [6.45, 7) is 6.21. The highest BCUT2D eigenvalue weighted by Crippen LogP contribution is 2.34. The van der Waals surface area contributed by atoms with E-state index in [-0.39, 0.29) is 11.8 Å². The molecule has 1 aromatic heterocycles. The molecule has 1 unspecified atom stereocenters. The highest BCUT2D eigenvalue weighted by Gasteiger charge is 2.32. The first-order valence-electron chi connectivity index (χ1n) is 5.68. The average Bonchev–Trinajstić information content (AvgIpc) is 2.91. The van der Waals surface area contributed by atoms with Gasteiger partial charge in [0.05, 0.1) is 12.8 Å². The van der Waals surface area contributed by atoms with E-state index in [9.17, 15) is 9.59 Å². The third-order valence-corrected chi connectivity index (χ3v) is 4.01. The summed E-state index contributed by atoms with van der Waals surface area (Å²) in [5.41, 5.74) is 0.665. The van der Waals surface area contributed by atoms with Gasteiger partial charge in [-0.1, -0.05) is 6.08 Å². The maximum absolute atomic E-state index is 11.9. The summed E-state index contributed by atoms with van der Waals surface area (Å²) in [5.74, 6) is -0.205. The first-order valence-corrected chi connectivity index (χ1v) is 6.50. The normalized spacial score (nSPS) is 19.1. The molecule has 0 saturated carbocycles. The van der Waals surface area contributed by atoms with E-state index in [0.29, 0.717) is 23.5 Å². The van der Waals surface area contributed by atoms with Gasteiger partial charge < -0.3 is 9.64 Å². The van der Waals surface area contributed by atoms with E-state index < -0.39 is 5.97 Å². The van der Waals surface area contributed by atoms with Crippen molar-refractivity contribution in [3.8, 4) is 0 Å². The molecule has 96 valence electrons. The van der Waals surface area contributed by atoms with Crippen molar-refractivity contribution >= 4 is 28.9 Å². The third kappa shape index (κ3) is 2.18. The fourth-order valence-electron chi connectivity index (χ4n) is 2.07. The molecule has 5 heteroatoms. The average molecular weight is 265 g/mol. The van der Waals surface area contributed by atoms with Gasteiger partial charge in [-0.15, -0.1) is 17.9 Å². The molecule has 18 heavy (non-hydrogen) atoms. The van der Waals surface area contributed by atoms with Crippen molar-refractivity contribution in [2.45, 2.75) is 13.3 Å². The number of rotatable bonds is 3. The fourth-order valence-corrected chi connectivity index (χ4v) is 3.00. The lowest BCUT2D eigenvalue weighted by atomic mass is 10.1. The monoisotopic (exact) mass is 265 g/mol. The van der Waals surface area contributed by atoms with Crippen LogP contribution in [0.25, 0.3) is 0 Å². The van der Waals surface area contributed by atoms with Gasteiger partial charge >= 0.3 is 5.97 Å². The molecular formula is C13H15NO3S. The summed E-state index contributed by atoms with van der Waals surface area (Å²) >= 11 is 1.35. The quantitative estimate of drug-likeness (QED) is 0.622. The largest absolute Gasteiger partial charge is 0.465 e. The van der Waals surface area contributed by atoms with Crippen molar-refractivity contribution in [2.75, 3.05) is 18.6 Å². The van der Waals surface area contributed by atoms with Crippen molar-refractivity contribution in [3.05, 3.63) is 28.5 Å². The molecule has 0 spiro atoms. The standard InChI is InChI=1S/C13H15NO3S/c1-4-9-6-11(15)14(7-9)10-5-8(2)18-12(10)13(16)17-3/h4-5,9H,1,6-7H2,2-3H3. The highest BCUT2D eigenvalue weighted by atomic mass is 32.1. The second kappa shape index (κ2) is 4.94. The van der Waals surface area contributed by atoms with Gasteiger partial charge in [-0.05, 0) is 13.0 Å². The second-order valence-corrected chi connectivity index (χ2v) is 5.52. The smallest absolute Gasteiger partial charge is 0.350 e. The van der Waals surface area contributed by atoms with E-state index in [2.05, 4.69) is 6.58 Å². The van der Waals surface area contributed by atoms with Crippen LogP contribution >= 0.6 is 11.3 Å². The predicted molar refractivity (Wildman–Crippen MR) is 71.1 cm³/mol. The molecule has 4 nitrogen and oxygen atoms in total. The van der Waals surface area contributed by atoms with Gasteiger partial charge in [-0.3, -0.25) is 4.79 Å². The molecule has 0 aromatic carbocycles. The van der Waals surface area contributed by atoms with E-state index in [0.717, 1.165) is 4.88 Å². The van der Waals surface area contributed by atoms with Gasteiger partial charge in [-0.25, -0.2) is 4.79 Å². The Kier molecular flexibility index (Phi) is 3.52. The lowest BCUT2D eigenvalue weighted by Gasteiger charge is -2.15. The second-order valence-electron chi connectivity index (χ2n) is 4.27. The zero-order valence-corrected chi connectivity index (χ0v) is 11.3. The van der Waals surface area contributed by atoms with Crippen LogP contribution in [0.5, 0.6) is 0 Å². The zero-order chi connectivity index (χ0) is 13.3. The molecule has 1 fully saturated rings. The van der Waals surface area contributed by atoms with Crippen molar-refractivity contribution in [1.29, 1.82) is 0 Å². The lowest BCUT2D eigenvalue weighted by Crippen LogP contribution is -2.25. The molecule has 2 rings (SSSR count). The Balaban J connectivity index is 2.36. The number of nitrogens with zero attached hydrogens (tertiary/aromatic N) is 1. The molecular weight excluding hydrogens is 250 g/mol. The lowest BCUT2D eigenvalue weighted by molar-refractivity contribution is -0.117. The molecule has 1 aliphatic heterocycles. The summed E-state index contributed by atoms with van der Waals surface area (Å²) in [4.78, 5) is 26.8. The van der Waals surface area contributed by atoms with Gasteiger partial charge in [0, 0.05) is 23.8 Å². The molecule has 1 atom stereocenters. The Labute approximate surface area is 110 Å². The van der Waals surface area contributed by atoms with Crippen LogP contribution in [-0.4, -0.2) is 25.5 Å². The van der Waals surface area contributed by atoms with Crippen LogP contribution in [0.2, 0.25) is 0 Å². The van der Waals surface area contributed by atoms with Crippen LogP contribution < -0.4 is 4.90 Å². The third-order valence-electron chi connectivity index (χ3n) is 2.99. The summed E-state index contributed by atoms with van der Waals surface area (Å²) in [6, 6.07) is 1.86. The minimum atomic E-state index is -0.391. The van der Waals surface area contributed by atoms with Crippen molar-refractivity contribution in [2.24, 2.45) is 5.92 Å². The van der Waals surface area contributed by atoms with Gasteiger partial charge in [0.1, 0.15) is 4.88 Å². The van der Waals surface area contributed by atoms with Crippen molar-refractivity contribution < 1.29 is 14.3 Å². The van der Waals surface area contributed by atoms with Crippen LogP contribution in [0.3, 0.4) is 0 Å². The summed E-state index contributed by atoms with van der Waals surface area (Å²) < 4.78 is 4.75. The Bertz CT molecular complexity index is 506. The number of hydrogen-bond donors (Lipinski definition) is 0. The molecule has 1 aliphatic rings. The Morgan fingerprint density at radius 3 is 2.94 bits per heavy atom. The van der Waals surface area contributed by atoms with Gasteiger partial charge in [0.25, 0.3) is 0 Å². The number of hydrogen-bond acceptors (Lipinski definition) is 4. The molecule has 1 amide bonds. The number of thiophene rings is 1. The van der Waals surface area contributed by atoms with E-state index in [1.807, 2.05) is 13.0 Å². The first-order chi connectivity index (χ1) is 8.56. The summed E-state index contributed by atoms with van der Waals surface area (Å²) in [7, 11) is 1.35. The molecule has 1 aromatic rings. The molecule has 0 N–H and O–H groups in total. The van der Waals surface area contributed by atoms with Crippen LogP contribution in [0, 0.1) is 12.8 Å². The predicted octanol–water partition coefficient (Wildman–Crippen LogP) is 2.38. The number of ether oxygens (including phenoxy) is 1. The Morgan fingerprint density at radius 2 is 2.39 bits per heavy atom. The number of amides is 1. The number of esters is 1. The molecule has 1 saturated heterocycles. The molecule has 0 aliphatic carbocycles. The minimum Gasteiger partial charge on any atom is -0.465 e. The minimum absolute atomic E-state index is 0.0304. The Morgan fingerprint density at radius 1 is 1.67 bits per heavy atom. The zero-order valence-electron chi connectivity index (χ0n) is 10.4. The van der Waals surface area contributed by atoms with Crippen LogP contribution in [0.4, 0.5) is 5.69 Å². The van der Waals surface area contributed by atoms with Gasteiger partial charge in [-0.2, -0.15) is 0 Å². The van der Waals surface area contributed by atoms with Gasteiger partial charge in [0.15, 0.2) is 0 Å². The molecule has 0 radical (unpaired) electrons. The van der Waals surface area contributed by atoms with E-state index in [1.54, 1.807) is 11.0 Å². The van der Waals surface area contributed by atoms with Crippen molar-refractivity contribution in [1.82, 2.24) is 0 Å². The number of carbonyl (C=O) groups excluding carboxylic acids is 2. The maximum atomic E-state index is 11.9. The van der Waals surface area contributed by atoms with Crippen LogP contribution in [-0.2, 0) is 9.53 Å². The number of anilines is 1. The molecule has 2 heterocycles. The van der Waals surface area contributed by atoms with Crippen molar-refractivity contribution in [3.63, 3.8) is 0 Å². The van der Waals surface area contributed by atoms with E-state index >= 15 is 0 Å². The first kappa shape index (κ1) is 12.8. The van der Waals surface area contributed by atoms with Crippen LogP contribution in [0.1, 0.15) is 21.0 Å². The SMILES string of the molecule is C=CC1CC(=O)N(c2cc(C)sc2C(=O)OC)C1. The highest BCUT2D eigenvalue weighted by molar-refractivity contribution is 7.14. The maximum Gasteiger partial charge on any atom is 0.350 e. The number of carbonyl (C=O) groups is 2. The summed E-state index contributed by atoms with van der Waals surface area (Å²) in [5, 5.41) is 0.